The molecule has 1 aliphatic heterocycles. The van der Waals surface area contributed by atoms with E-state index in [0.29, 0.717) is 6.61 Å². The molecule has 0 aromatic heterocycles. The molecule has 0 amide bonds. The smallest absolute Gasteiger partial charge is 0.373 e. The third-order valence-electron chi connectivity index (χ3n) is 2.08. The minimum Gasteiger partial charge on any atom is -0.480 e. The van der Waals surface area contributed by atoms with E-state index in [1.54, 1.807) is 6.08 Å². The summed E-state index contributed by atoms with van der Waals surface area (Å²) in [5, 5.41) is 0. The molecule has 1 atom stereocenters. The summed E-state index contributed by atoms with van der Waals surface area (Å²) in [6.07, 6.45) is 1.62. The number of carbonyl (C=O) groups is 1. The molecular weight excluding hydrogens is 192 g/mol. The van der Waals surface area contributed by atoms with Gasteiger partial charge in [0.15, 0.2) is 0 Å². The lowest BCUT2D eigenvalue weighted by molar-refractivity contribution is -0.155. The summed E-state index contributed by atoms with van der Waals surface area (Å²) in [4.78, 5) is 11.3. The van der Waals surface area contributed by atoms with Crippen LogP contribution in [0, 0.1) is 0 Å². The van der Waals surface area contributed by atoms with Gasteiger partial charge in [0.25, 0.3) is 0 Å². The number of rotatable bonds is 1. The molecule has 1 fully saturated rings. The largest absolute Gasteiger partial charge is 0.480 e. The van der Waals surface area contributed by atoms with Crippen molar-refractivity contribution >= 4 is 12.0 Å². The standard InChI is InChI=1S/C12H12O3/c1-9-8-14-12(13)11(15-9)7-10-5-3-2-4-6-10/h2-7,9H,8H2,1H3/b11-7-/t9-/m1/s1. The summed E-state index contributed by atoms with van der Waals surface area (Å²) in [5.41, 5.74) is 0.929. The zero-order valence-corrected chi connectivity index (χ0v) is 8.47. The van der Waals surface area contributed by atoms with Gasteiger partial charge in [-0.1, -0.05) is 30.3 Å². The third kappa shape index (κ3) is 2.37. The highest BCUT2D eigenvalue weighted by Gasteiger charge is 2.22. The first-order valence-corrected chi connectivity index (χ1v) is 4.86. The van der Waals surface area contributed by atoms with Crippen LogP contribution in [0.3, 0.4) is 0 Å². The molecule has 78 valence electrons. The van der Waals surface area contributed by atoms with Crippen molar-refractivity contribution in [1.82, 2.24) is 0 Å². The Morgan fingerprint density at radius 1 is 1.33 bits per heavy atom. The van der Waals surface area contributed by atoms with Crippen molar-refractivity contribution in [2.24, 2.45) is 0 Å². The van der Waals surface area contributed by atoms with E-state index in [-0.39, 0.29) is 11.9 Å². The molecule has 3 nitrogen and oxygen atoms in total. The second-order valence-corrected chi connectivity index (χ2v) is 3.45. The predicted octanol–water partition coefficient (Wildman–Crippen LogP) is 1.99. The molecule has 0 radical (unpaired) electrons. The topological polar surface area (TPSA) is 35.5 Å². The molecule has 0 N–H and O–H groups in total. The molecule has 15 heavy (non-hydrogen) atoms. The van der Waals surface area contributed by atoms with Gasteiger partial charge >= 0.3 is 5.97 Å². The highest BCUT2D eigenvalue weighted by Crippen LogP contribution is 2.16. The van der Waals surface area contributed by atoms with Gasteiger partial charge in [-0.2, -0.15) is 0 Å². The molecule has 3 heteroatoms. The van der Waals surface area contributed by atoms with E-state index in [1.807, 2.05) is 37.3 Å². The molecule has 0 spiro atoms. The number of cyclic esters (lactones) is 1. The summed E-state index contributed by atoms with van der Waals surface area (Å²) >= 11 is 0. The summed E-state index contributed by atoms with van der Waals surface area (Å²) < 4.78 is 10.3. The highest BCUT2D eigenvalue weighted by molar-refractivity contribution is 5.91. The second kappa shape index (κ2) is 4.17. The lowest BCUT2D eigenvalue weighted by Gasteiger charge is -2.21. The second-order valence-electron chi connectivity index (χ2n) is 3.45. The quantitative estimate of drug-likeness (QED) is 0.518. The van der Waals surface area contributed by atoms with Gasteiger partial charge in [0.1, 0.15) is 12.7 Å². The number of ether oxygens (including phenoxy) is 2. The number of benzene rings is 1. The molecule has 2 rings (SSSR count). The van der Waals surface area contributed by atoms with Crippen LogP contribution in [0.15, 0.2) is 36.1 Å². The van der Waals surface area contributed by atoms with Gasteiger partial charge < -0.3 is 9.47 Å². The molecule has 1 aromatic rings. The zero-order valence-electron chi connectivity index (χ0n) is 8.47. The number of esters is 1. The minimum atomic E-state index is -0.392. The van der Waals surface area contributed by atoms with Crippen molar-refractivity contribution < 1.29 is 14.3 Å². The van der Waals surface area contributed by atoms with Crippen molar-refractivity contribution in [3.05, 3.63) is 41.7 Å². The van der Waals surface area contributed by atoms with E-state index in [4.69, 9.17) is 9.47 Å². The van der Waals surface area contributed by atoms with Crippen LogP contribution in [0.4, 0.5) is 0 Å². The van der Waals surface area contributed by atoms with Gasteiger partial charge in [0, 0.05) is 0 Å². The highest BCUT2D eigenvalue weighted by atomic mass is 16.6. The fraction of sp³-hybridized carbons (Fsp3) is 0.250. The van der Waals surface area contributed by atoms with Crippen LogP contribution in [0.1, 0.15) is 12.5 Å². The van der Waals surface area contributed by atoms with Gasteiger partial charge in [-0.3, -0.25) is 0 Å². The SMILES string of the molecule is C[C@@H]1COC(=O)/C(=C/c2ccccc2)O1. The van der Waals surface area contributed by atoms with Crippen LogP contribution in [0.25, 0.3) is 6.08 Å². The van der Waals surface area contributed by atoms with Crippen LogP contribution in [0.2, 0.25) is 0 Å². The fourth-order valence-electron chi connectivity index (χ4n) is 1.36. The molecule has 1 saturated heterocycles. The van der Waals surface area contributed by atoms with E-state index in [9.17, 15) is 4.79 Å². The molecule has 1 aliphatic rings. The minimum absolute atomic E-state index is 0.0716. The van der Waals surface area contributed by atoms with Crippen LogP contribution in [-0.4, -0.2) is 18.7 Å². The van der Waals surface area contributed by atoms with Gasteiger partial charge in [0.2, 0.25) is 5.76 Å². The molecule has 1 heterocycles. The summed E-state index contributed by atoms with van der Waals surface area (Å²) in [6.45, 7) is 2.19. The molecular formula is C12H12O3. The summed E-state index contributed by atoms with van der Waals surface area (Å²) in [6, 6.07) is 9.55. The summed E-state index contributed by atoms with van der Waals surface area (Å²) in [7, 11) is 0. The fourth-order valence-corrected chi connectivity index (χ4v) is 1.36. The van der Waals surface area contributed by atoms with E-state index >= 15 is 0 Å². The number of hydrogen-bond acceptors (Lipinski definition) is 3. The van der Waals surface area contributed by atoms with Crippen molar-refractivity contribution in [2.45, 2.75) is 13.0 Å². The van der Waals surface area contributed by atoms with Crippen molar-refractivity contribution in [1.29, 1.82) is 0 Å². The Hall–Kier alpha value is -1.77. The Kier molecular flexibility index (Phi) is 2.72. The Bertz CT molecular complexity index is 381. The van der Waals surface area contributed by atoms with Gasteiger partial charge in [-0.15, -0.1) is 0 Å². The zero-order chi connectivity index (χ0) is 10.7. The lowest BCUT2D eigenvalue weighted by Crippen LogP contribution is -2.28. The first kappa shape index (κ1) is 9.77. The Morgan fingerprint density at radius 2 is 2.07 bits per heavy atom. The summed E-state index contributed by atoms with van der Waals surface area (Å²) in [5.74, 6) is -0.114. The van der Waals surface area contributed by atoms with Gasteiger partial charge in [-0.25, -0.2) is 4.79 Å². The lowest BCUT2D eigenvalue weighted by atomic mass is 10.2. The Labute approximate surface area is 88.3 Å². The maximum atomic E-state index is 11.3. The maximum absolute atomic E-state index is 11.3. The average molecular weight is 204 g/mol. The predicted molar refractivity (Wildman–Crippen MR) is 55.9 cm³/mol. The van der Waals surface area contributed by atoms with Crippen molar-refractivity contribution in [3.8, 4) is 0 Å². The molecule has 0 unspecified atom stereocenters. The van der Waals surface area contributed by atoms with Gasteiger partial charge in [0.05, 0.1) is 0 Å². The molecule has 0 aliphatic carbocycles. The van der Waals surface area contributed by atoms with E-state index in [0.717, 1.165) is 5.56 Å². The van der Waals surface area contributed by atoms with Crippen molar-refractivity contribution in [3.63, 3.8) is 0 Å². The normalized spacial score (nSPS) is 23.4. The first-order chi connectivity index (χ1) is 7.25. The number of carbonyl (C=O) groups excluding carboxylic acids is 1. The van der Waals surface area contributed by atoms with E-state index < -0.39 is 5.97 Å². The van der Waals surface area contributed by atoms with E-state index in [2.05, 4.69) is 0 Å². The molecule has 1 aromatic carbocycles. The monoisotopic (exact) mass is 204 g/mol. The van der Waals surface area contributed by atoms with Crippen LogP contribution in [-0.2, 0) is 14.3 Å². The molecule has 0 bridgehead atoms. The van der Waals surface area contributed by atoms with Crippen LogP contribution >= 0.6 is 0 Å². The molecule has 0 saturated carbocycles. The maximum Gasteiger partial charge on any atom is 0.373 e. The van der Waals surface area contributed by atoms with Crippen molar-refractivity contribution in [2.75, 3.05) is 6.61 Å². The van der Waals surface area contributed by atoms with Crippen LogP contribution < -0.4 is 0 Å². The Balaban J connectivity index is 2.22. The Morgan fingerprint density at radius 3 is 2.80 bits per heavy atom. The van der Waals surface area contributed by atoms with Crippen LogP contribution in [0.5, 0.6) is 0 Å². The first-order valence-electron chi connectivity index (χ1n) is 4.86. The average Bonchev–Trinajstić information content (AvgIpc) is 2.25. The number of hydrogen-bond donors (Lipinski definition) is 0. The third-order valence-corrected chi connectivity index (χ3v) is 2.08. The van der Waals surface area contributed by atoms with E-state index in [1.165, 1.54) is 0 Å². The van der Waals surface area contributed by atoms with Gasteiger partial charge in [-0.05, 0) is 18.6 Å².